The molecule has 2 heterocycles. The Balaban J connectivity index is 2.33. The number of rotatable bonds is 2. The first kappa shape index (κ1) is 12.3. The molecule has 1 aromatic rings. The molecule has 2 unspecified atom stereocenters. The van der Waals surface area contributed by atoms with E-state index in [9.17, 15) is 5.11 Å². The molecule has 1 fully saturated rings. The van der Waals surface area contributed by atoms with Crippen molar-refractivity contribution >= 4 is 5.82 Å². The lowest BCUT2D eigenvalue weighted by molar-refractivity contribution is -0.108. The Kier molecular flexibility index (Phi) is 3.35. The van der Waals surface area contributed by atoms with Gasteiger partial charge in [-0.2, -0.15) is 0 Å². The van der Waals surface area contributed by atoms with Gasteiger partial charge < -0.3 is 15.6 Å². The van der Waals surface area contributed by atoms with Gasteiger partial charge in [0.25, 0.3) is 0 Å². The van der Waals surface area contributed by atoms with Crippen LogP contribution in [0, 0.1) is 6.92 Å². The molecule has 2 rings (SSSR count). The molecule has 0 bridgehead atoms. The lowest BCUT2D eigenvalue weighted by atomic mass is 9.83. The van der Waals surface area contributed by atoms with Gasteiger partial charge in [-0.15, -0.1) is 0 Å². The van der Waals surface area contributed by atoms with E-state index in [0.717, 1.165) is 17.5 Å². The van der Waals surface area contributed by atoms with Gasteiger partial charge in [0, 0.05) is 24.6 Å². The molecule has 2 atom stereocenters. The summed E-state index contributed by atoms with van der Waals surface area (Å²) in [5, 5.41) is 10.7. The maximum absolute atomic E-state index is 10.7. The third-order valence-corrected chi connectivity index (χ3v) is 3.45. The molecule has 0 aliphatic carbocycles. The molecule has 0 spiro atoms. The molecule has 3 N–H and O–H groups in total. The molecule has 17 heavy (non-hydrogen) atoms. The molecule has 4 nitrogen and oxygen atoms in total. The molecule has 0 saturated carbocycles. The fraction of sp³-hybridized carbons (Fsp3) is 0.615. The summed E-state index contributed by atoms with van der Waals surface area (Å²) in [5.74, 6) is 0.426. The fourth-order valence-electron chi connectivity index (χ4n) is 2.39. The van der Waals surface area contributed by atoms with Gasteiger partial charge in [-0.3, -0.25) is 0 Å². The highest BCUT2D eigenvalue weighted by atomic mass is 16.5. The number of aromatic nitrogens is 1. The van der Waals surface area contributed by atoms with E-state index < -0.39 is 5.60 Å². The molecule has 94 valence electrons. The monoisotopic (exact) mass is 236 g/mol. The van der Waals surface area contributed by atoms with Crippen LogP contribution in [0.4, 0.5) is 5.82 Å². The molecule has 1 saturated heterocycles. The molecule has 1 aromatic heterocycles. The Bertz CT molecular complexity index is 408. The van der Waals surface area contributed by atoms with Crippen molar-refractivity contribution in [1.82, 2.24) is 4.98 Å². The molecule has 0 radical (unpaired) electrons. The van der Waals surface area contributed by atoms with Crippen molar-refractivity contribution in [3.63, 3.8) is 0 Å². The summed E-state index contributed by atoms with van der Waals surface area (Å²) < 4.78 is 5.59. The van der Waals surface area contributed by atoms with Gasteiger partial charge in [-0.1, -0.05) is 6.92 Å². The third-order valence-electron chi connectivity index (χ3n) is 3.45. The van der Waals surface area contributed by atoms with E-state index in [1.165, 1.54) is 0 Å². The second-order valence-corrected chi connectivity index (χ2v) is 4.83. The number of aryl methyl sites for hydroxylation is 1. The number of anilines is 1. The standard InChI is InChI=1S/C13H20N2O2/c1-3-10-7-13(16,4-5-17-10)11-6-9(2)8-15-12(11)14/h6,8,10,16H,3-5,7H2,1-2H3,(H2,14,15). The first-order chi connectivity index (χ1) is 8.05. The van der Waals surface area contributed by atoms with Gasteiger partial charge in [-0.25, -0.2) is 4.98 Å². The van der Waals surface area contributed by atoms with Gasteiger partial charge in [-0.05, 0) is 25.0 Å². The predicted molar refractivity (Wildman–Crippen MR) is 66.5 cm³/mol. The number of nitrogen functional groups attached to an aromatic ring is 1. The van der Waals surface area contributed by atoms with Crippen LogP contribution in [0.3, 0.4) is 0 Å². The van der Waals surface area contributed by atoms with Crippen LogP contribution >= 0.6 is 0 Å². The Hall–Kier alpha value is -1.13. The topological polar surface area (TPSA) is 68.4 Å². The average molecular weight is 236 g/mol. The average Bonchev–Trinajstić information content (AvgIpc) is 2.32. The Labute approximate surface area is 102 Å². The number of aliphatic hydroxyl groups is 1. The quantitative estimate of drug-likeness (QED) is 0.820. The van der Waals surface area contributed by atoms with Crippen LogP contribution in [0.25, 0.3) is 0 Å². The smallest absolute Gasteiger partial charge is 0.129 e. The van der Waals surface area contributed by atoms with Gasteiger partial charge in [0.05, 0.1) is 18.3 Å². The van der Waals surface area contributed by atoms with Crippen LogP contribution < -0.4 is 5.73 Å². The van der Waals surface area contributed by atoms with Crippen LogP contribution in [-0.2, 0) is 10.3 Å². The second kappa shape index (κ2) is 4.63. The van der Waals surface area contributed by atoms with Gasteiger partial charge in [0.15, 0.2) is 0 Å². The zero-order valence-corrected chi connectivity index (χ0v) is 10.4. The van der Waals surface area contributed by atoms with Crippen LogP contribution in [0.2, 0.25) is 0 Å². The van der Waals surface area contributed by atoms with Crippen LogP contribution in [-0.4, -0.2) is 22.8 Å². The van der Waals surface area contributed by atoms with Crippen molar-refractivity contribution in [3.05, 3.63) is 23.4 Å². The van der Waals surface area contributed by atoms with Crippen molar-refractivity contribution in [2.45, 2.75) is 44.8 Å². The summed E-state index contributed by atoms with van der Waals surface area (Å²) in [6.45, 7) is 4.59. The van der Waals surface area contributed by atoms with Crippen molar-refractivity contribution in [1.29, 1.82) is 0 Å². The normalized spacial score (nSPS) is 29.2. The molecule has 1 aliphatic rings. The zero-order valence-electron chi connectivity index (χ0n) is 10.4. The van der Waals surface area contributed by atoms with Crippen molar-refractivity contribution in [3.8, 4) is 0 Å². The number of nitrogens with zero attached hydrogens (tertiary/aromatic N) is 1. The van der Waals surface area contributed by atoms with Crippen molar-refractivity contribution in [2.75, 3.05) is 12.3 Å². The maximum atomic E-state index is 10.7. The Morgan fingerprint density at radius 2 is 2.41 bits per heavy atom. The van der Waals surface area contributed by atoms with Gasteiger partial charge in [0.2, 0.25) is 0 Å². The fourth-order valence-corrected chi connectivity index (χ4v) is 2.39. The minimum Gasteiger partial charge on any atom is -0.385 e. The second-order valence-electron chi connectivity index (χ2n) is 4.83. The number of hydrogen-bond donors (Lipinski definition) is 2. The largest absolute Gasteiger partial charge is 0.385 e. The minimum atomic E-state index is -0.887. The zero-order chi connectivity index (χ0) is 12.5. The Morgan fingerprint density at radius 3 is 3.12 bits per heavy atom. The predicted octanol–water partition coefficient (Wildman–Crippen LogP) is 1.75. The lowest BCUT2D eigenvalue weighted by Gasteiger charge is -2.37. The minimum absolute atomic E-state index is 0.105. The van der Waals surface area contributed by atoms with Gasteiger partial charge in [0.1, 0.15) is 5.82 Å². The van der Waals surface area contributed by atoms with E-state index in [1.54, 1.807) is 6.20 Å². The van der Waals surface area contributed by atoms with Crippen LogP contribution in [0.15, 0.2) is 12.3 Å². The molecular formula is C13H20N2O2. The maximum Gasteiger partial charge on any atom is 0.129 e. The SMILES string of the molecule is CCC1CC(O)(c2cc(C)cnc2N)CCO1. The molecule has 0 amide bonds. The summed E-state index contributed by atoms with van der Waals surface area (Å²) in [7, 11) is 0. The summed E-state index contributed by atoms with van der Waals surface area (Å²) in [5.41, 5.74) is 6.76. The van der Waals surface area contributed by atoms with Gasteiger partial charge >= 0.3 is 0 Å². The summed E-state index contributed by atoms with van der Waals surface area (Å²) in [4.78, 5) is 4.13. The molecule has 4 heteroatoms. The van der Waals surface area contributed by atoms with Crippen LogP contribution in [0.5, 0.6) is 0 Å². The van der Waals surface area contributed by atoms with Crippen LogP contribution in [0.1, 0.15) is 37.3 Å². The lowest BCUT2D eigenvalue weighted by Crippen LogP contribution is -2.39. The van der Waals surface area contributed by atoms with E-state index in [0.29, 0.717) is 25.3 Å². The molecule has 0 aromatic carbocycles. The number of hydrogen-bond acceptors (Lipinski definition) is 4. The summed E-state index contributed by atoms with van der Waals surface area (Å²) in [6.07, 6.45) is 3.91. The highest BCUT2D eigenvalue weighted by molar-refractivity contribution is 5.45. The Morgan fingerprint density at radius 1 is 1.65 bits per heavy atom. The molecule has 1 aliphatic heterocycles. The third kappa shape index (κ3) is 2.42. The van der Waals surface area contributed by atoms with E-state index in [4.69, 9.17) is 10.5 Å². The molecular weight excluding hydrogens is 216 g/mol. The van der Waals surface area contributed by atoms with E-state index in [-0.39, 0.29) is 6.10 Å². The number of pyridine rings is 1. The van der Waals surface area contributed by atoms with E-state index >= 15 is 0 Å². The summed E-state index contributed by atoms with van der Waals surface area (Å²) >= 11 is 0. The highest BCUT2D eigenvalue weighted by Gasteiger charge is 2.37. The van der Waals surface area contributed by atoms with E-state index in [2.05, 4.69) is 11.9 Å². The van der Waals surface area contributed by atoms with E-state index in [1.807, 2.05) is 13.0 Å². The number of ether oxygens (including phenoxy) is 1. The van der Waals surface area contributed by atoms with Crippen molar-refractivity contribution in [2.24, 2.45) is 0 Å². The first-order valence-corrected chi connectivity index (χ1v) is 6.12. The van der Waals surface area contributed by atoms with Crippen molar-refractivity contribution < 1.29 is 9.84 Å². The highest BCUT2D eigenvalue weighted by Crippen LogP contribution is 2.37. The first-order valence-electron chi connectivity index (χ1n) is 6.12. The summed E-state index contributed by atoms with van der Waals surface area (Å²) in [6, 6.07) is 1.93. The number of nitrogens with two attached hydrogens (primary N) is 1.